The third-order valence-corrected chi connectivity index (χ3v) is 6.33. The number of allylic oxidation sites excluding steroid dienone is 1. The normalized spacial score (nSPS) is 17.7. The smallest absolute Gasteiger partial charge is 0.243 e. The minimum atomic E-state index is -0.483. The summed E-state index contributed by atoms with van der Waals surface area (Å²) < 4.78 is 5.82. The molecule has 0 radical (unpaired) electrons. The van der Waals surface area contributed by atoms with Crippen LogP contribution in [0.1, 0.15) is 42.2 Å². The van der Waals surface area contributed by atoms with Gasteiger partial charge in [-0.05, 0) is 68.1 Å². The summed E-state index contributed by atoms with van der Waals surface area (Å²) in [7, 11) is 0. The molecule has 1 aromatic heterocycles. The highest BCUT2D eigenvalue weighted by atomic mass is 16.3. The number of carbonyl (C=O) groups excluding carboxylic acids is 2. The molecule has 0 saturated carbocycles. The van der Waals surface area contributed by atoms with Crippen molar-refractivity contribution in [2.24, 2.45) is 0 Å². The Balaban J connectivity index is 1.58. The third-order valence-electron chi connectivity index (χ3n) is 6.33. The summed E-state index contributed by atoms with van der Waals surface area (Å²) in [5.74, 6) is 0.594. The van der Waals surface area contributed by atoms with Gasteiger partial charge in [0.05, 0.1) is 24.2 Å². The highest BCUT2D eigenvalue weighted by molar-refractivity contribution is 6.02. The van der Waals surface area contributed by atoms with Crippen molar-refractivity contribution in [3.8, 4) is 0 Å². The number of amides is 1. The SMILES string of the molecule is Cc1ccc(C)c(NC(=O)CN2c3ccccc3NC3=C(C(=O)CCC3)[C@@H]2c2ccco2)c1. The highest BCUT2D eigenvalue weighted by Crippen LogP contribution is 2.44. The molecule has 1 aliphatic heterocycles. The summed E-state index contributed by atoms with van der Waals surface area (Å²) in [6.45, 7) is 4.05. The van der Waals surface area contributed by atoms with Crippen molar-refractivity contribution in [1.82, 2.24) is 0 Å². The van der Waals surface area contributed by atoms with Gasteiger partial charge in [-0.25, -0.2) is 0 Å². The number of rotatable bonds is 4. The lowest BCUT2D eigenvalue weighted by Gasteiger charge is -2.33. The molecule has 168 valence electrons. The number of fused-ring (bicyclic) bond motifs is 1. The number of aryl methyl sites for hydroxylation is 2. The zero-order chi connectivity index (χ0) is 22.9. The van der Waals surface area contributed by atoms with Crippen molar-refractivity contribution in [2.75, 3.05) is 22.1 Å². The van der Waals surface area contributed by atoms with E-state index in [9.17, 15) is 9.59 Å². The van der Waals surface area contributed by atoms with E-state index in [-0.39, 0.29) is 18.2 Å². The molecule has 2 aromatic carbocycles. The Morgan fingerprint density at radius 1 is 1.12 bits per heavy atom. The zero-order valence-corrected chi connectivity index (χ0v) is 18.9. The molecule has 0 unspecified atom stereocenters. The van der Waals surface area contributed by atoms with Crippen LogP contribution < -0.4 is 15.5 Å². The van der Waals surface area contributed by atoms with Crippen molar-refractivity contribution in [3.05, 3.63) is 89.0 Å². The Hall–Kier alpha value is -3.80. The molecule has 1 aliphatic carbocycles. The molecule has 3 aromatic rings. The lowest BCUT2D eigenvalue weighted by molar-refractivity contribution is -0.117. The maximum atomic E-state index is 13.3. The molecule has 0 fully saturated rings. The number of hydrogen-bond donors (Lipinski definition) is 2. The Kier molecular flexibility index (Phi) is 5.50. The number of benzene rings is 2. The average Bonchev–Trinajstić information content (AvgIpc) is 3.28. The van der Waals surface area contributed by atoms with Crippen molar-refractivity contribution >= 4 is 28.8 Å². The first-order valence-electron chi connectivity index (χ1n) is 11.3. The first-order chi connectivity index (χ1) is 16.0. The van der Waals surface area contributed by atoms with Crippen LogP contribution >= 0.6 is 0 Å². The van der Waals surface area contributed by atoms with E-state index in [1.807, 2.05) is 73.3 Å². The van der Waals surface area contributed by atoms with Crippen molar-refractivity contribution < 1.29 is 14.0 Å². The standard InChI is InChI=1S/C27H27N3O3/c1-17-12-13-18(2)21(15-17)29-25(32)16-30-22-9-4-3-7-19(22)28-20-8-5-10-23(31)26(20)27(30)24-11-6-14-33-24/h3-4,6-7,9,11-15,27-28H,5,8,10,16H2,1-2H3,(H,29,32)/t27-/m0/s1. The van der Waals surface area contributed by atoms with Crippen LogP contribution in [0.15, 0.2) is 76.5 Å². The number of nitrogens with zero attached hydrogens (tertiary/aromatic N) is 1. The van der Waals surface area contributed by atoms with Gasteiger partial charge in [-0.2, -0.15) is 0 Å². The number of para-hydroxylation sites is 2. The van der Waals surface area contributed by atoms with Crippen molar-refractivity contribution in [1.29, 1.82) is 0 Å². The Morgan fingerprint density at radius 3 is 2.79 bits per heavy atom. The number of Topliss-reactive ketones (excluding diaryl/α,β-unsaturated/α-hetero) is 1. The Bertz CT molecular complexity index is 1240. The number of anilines is 3. The van der Waals surface area contributed by atoms with Gasteiger partial charge in [0.25, 0.3) is 0 Å². The molecule has 33 heavy (non-hydrogen) atoms. The van der Waals surface area contributed by atoms with E-state index in [1.165, 1.54) is 0 Å². The fraction of sp³-hybridized carbons (Fsp3) is 0.259. The predicted octanol–water partition coefficient (Wildman–Crippen LogP) is 5.52. The Labute approximate surface area is 193 Å². The fourth-order valence-corrected chi connectivity index (χ4v) is 4.73. The van der Waals surface area contributed by atoms with E-state index in [2.05, 4.69) is 10.6 Å². The summed E-state index contributed by atoms with van der Waals surface area (Å²) in [4.78, 5) is 28.5. The Morgan fingerprint density at radius 2 is 1.97 bits per heavy atom. The van der Waals surface area contributed by atoms with Gasteiger partial charge < -0.3 is 20.0 Å². The molecule has 6 heteroatoms. The first kappa shape index (κ1) is 21.1. The van der Waals surface area contributed by atoms with E-state index >= 15 is 0 Å². The van der Waals surface area contributed by atoms with Crippen molar-refractivity contribution in [2.45, 2.75) is 39.2 Å². The quantitative estimate of drug-likeness (QED) is 0.558. The van der Waals surface area contributed by atoms with E-state index < -0.39 is 6.04 Å². The molecule has 2 heterocycles. The van der Waals surface area contributed by atoms with E-state index in [0.29, 0.717) is 17.8 Å². The summed E-state index contributed by atoms with van der Waals surface area (Å²) in [5.41, 5.74) is 6.22. The number of furan rings is 1. The second-order valence-electron chi connectivity index (χ2n) is 8.72. The summed E-state index contributed by atoms with van der Waals surface area (Å²) in [6, 6.07) is 17.1. The largest absolute Gasteiger partial charge is 0.467 e. The monoisotopic (exact) mass is 441 g/mol. The third kappa shape index (κ3) is 4.04. The van der Waals surface area contributed by atoms with Crippen LogP contribution in [0.25, 0.3) is 0 Å². The highest BCUT2D eigenvalue weighted by Gasteiger charge is 2.38. The maximum absolute atomic E-state index is 13.3. The molecule has 6 nitrogen and oxygen atoms in total. The molecular weight excluding hydrogens is 414 g/mol. The molecule has 0 bridgehead atoms. The molecule has 2 N–H and O–H groups in total. The molecule has 0 saturated heterocycles. The minimum absolute atomic E-state index is 0.0709. The number of nitrogens with one attached hydrogen (secondary N) is 2. The van der Waals surface area contributed by atoms with E-state index in [4.69, 9.17) is 4.42 Å². The minimum Gasteiger partial charge on any atom is -0.467 e. The van der Waals surface area contributed by atoms with Crippen LogP contribution in [0, 0.1) is 13.8 Å². The maximum Gasteiger partial charge on any atom is 0.243 e. The van der Waals surface area contributed by atoms with Crippen LogP contribution in [0.4, 0.5) is 17.1 Å². The van der Waals surface area contributed by atoms with Crippen LogP contribution in [0.3, 0.4) is 0 Å². The van der Waals surface area contributed by atoms with Gasteiger partial charge in [-0.15, -0.1) is 0 Å². The van der Waals surface area contributed by atoms with Crippen molar-refractivity contribution in [3.63, 3.8) is 0 Å². The molecule has 1 atom stereocenters. The van der Waals surface area contributed by atoms with Crippen LogP contribution in [-0.4, -0.2) is 18.2 Å². The summed E-state index contributed by atoms with van der Waals surface area (Å²) in [6.07, 6.45) is 3.71. The first-order valence-corrected chi connectivity index (χ1v) is 11.3. The number of carbonyl (C=O) groups is 2. The van der Waals surface area contributed by atoms with E-state index in [1.54, 1.807) is 6.26 Å². The van der Waals surface area contributed by atoms with Gasteiger partial charge >= 0.3 is 0 Å². The molecule has 1 amide bonds. The lowest BCUT2D eigenvalue weighted by atomic mass is 9.88. The number of ketones is 1. The van der Waals surface area contributed by atoms with Gasteiger partial charge in [0, 0.05) is 23.4 Å². The molecule has 0 spiro atoms. The zero-order valence-electron chi connectivity index (χ0n) is 18.9. The van der Waals surface area contributed by atoms with Gasteiger partial charge in [0.15, 0.2) is 5.78 Å². The topological polar surface area (TPSA) is 74.6 Å². The van der Waals surface area contributed by atoms with Gasteiger partial charge in [-0.1, -0.05) is 24.3 Å². The van der Waals surface area contributed by atoms with Gasteiger partial charge in [0.2, 0.25) is 5.91 Å². The predicted molar refractivity (Wildman–Crippen MR) is 129 cm³/mol. The summed E-state index contributed by atoms with van der Waals surface area (Å²) >= 11 is 0. The lowest BCUT2D eigenvalue weighted by Crippen LogP contribution is -2.38. The van der Waals surface area contributed by atoms with Gasteiger partial charge in [0.1, 0.15) is 11.8 Å². The van der Waals surface area contributed by atoms with Gasteiger partial charge in [-0.3, -0.25) is 9.59 Å². The summed E-state index contributed by atoms with van der Waals surface area (Å²) in [5, 5.41) is 6.56. The second kappa shape index (κ2) is 8.62. The molecular formula is C27H27N3O3. The van der Waals surface area contributed by atoms with Crippen LogP contribution in [-0.2, 0) is 9.59 Å². The molecule has 5 rings (SSSR count). The van der Waals surface area contributed by atoms with E-state index in [0.717, 1.165) is 46.7 Å². The molecule has 2 aliphatic rings. The second-order valence-corrected chi connectivity index (χ2v) is 8.72. The van der Waals surface area contributed by atoms with Crippen LogP contribution in [0.2, 0.25) is 0 Å². The fourth-order valence-electron chi connectivity index (χ4n) is 4.73. The average molecular weight is 442 g/mol. The van der Waals surface area contributed by atoms with Crippen LogP contribution in [0.5, 0.6) is 0 Å². The number of hydrogen-bond acceptors (Lipinski definition) is 5.